The van der Waals surface area contributed by atoms with E-state index in [0.717, 1.165) is 30.9 Å². The second-order valence-corrected chi connectivity index (χ2v) is 7.77. The minimum Gasteiger partial charge on any atom is -0.490 e. The molecular formula is C21H21ClF2O2. The SMILES string of the molecule is CO[C@@H]1CC[C@@]2(Cc3ccc(Cl)cc3)c3c(F)ccc(F)c3OC[C@H]2C1. The molecule has 2 aromatic carbocycles. The van der Waals surface area contributed by atoms with E-state index in [1.165, 1.54) is 6.07 Å². The van der Waals surface area contributed by atoms with Gasteiger partial charge in [0.15, 0.2) is 11.6 Å². The Balaban J connectivity index is 1.83. The van der Waals surface area contributed by atoms with E-state index in [2.05, 4.69) is 0 Å². The predicted molar refractivity (Wildman–Crippen MR) is 96.8 cm³/mol. The fourth-order valence-corrected chi connectivity index (χ4v) is 4.79. The van der Waals surface area contributed by atoms with Gasteiger partial charge in [-0.25, -0.2) is 8.78 Å². The van der Waals surface area contributed by atoms with Crippen LogP contribution in [0.5, 0.6) is 5.75 Å². The van der Waals surface area contributed by atoms with E-state index in [1.54, 1.807) is 7.11 Å². The fourth-order valence-electron chi connectivity index (χ4n) is 4.66. The summed E-state index contributed by atoms with van der Waals surface area (Å²) in [6.45, 7) is 0.376. The van der Waals surface area contributed by atoms with E-state index < -0.39 is 17.0 Å². The first-order valence-corrected chi connectivity index (χ1v) is 9.30. The van der Waals surface area contributed by atoms with Crippen molar-refractivity contribution in [2.45, 2.75) is 37.2 Å². The normalized spacial score (nSPS) is 27.4. The van der Waals surface area contributed by atoms with Crippen molar-refractivity contribution >= 4 is 11.6 Å². The highest BCUT2D eigenvalue weighted by Crippen LogP contribution is 2.53. The first-order valence-electron chi connectivity index (χ1n) is 8.92. The predicted octanol–water partition coefficient (Wildman–Crippen LogP) is 5.31. The van der Waals surface area contributed by atoms with Crippen molar-refractivity contribution in [3.05, 3.63) is 64.2 Å². The second-order valence-electron chi connectivity index (χ2n) is 7.33. The maximum absolute atomic E-state index is 14.9. The van der Waals surface area contributed by atoms with Gasteiger partial charge in [-0.2, -0.15) is 0 Å². The van der Waals surface area contributed by atoms with Gasteiger partial charge in [0.1, 0.15) is 5.82 Å². The molecule has 1 fully saturated rings. The van der Waals surface area contributed by atoms with Gasteiger partial charge >= 0.3 is 0 Å². The Morgan fingerprint density at radius 2 is 1.88 bits per heavy atom. The molecule has 3 atom stereocenters. The summed E-state index contributed by atoms with van der Waals surface area (Å²) < 4.78 is 40.5. The molecule has 2 nitrogen and oxygen atoms in total. The summed E-state index contributed by atoms with van der Waals surface area (Å²) >= 11 is 6.01. The summed E-state index contributed by atoms with van der Waals surface area (Å²) in [5, 5.41) is 0.662. The van der Waals surface area contributed by atoms with Crippen LogP contribution in [-0.2, 0) is 16.6 Å². The zero-order chi connectivity index (χ0) is 18.3. The molecule has 0 unspecified atom stereocenters. The number of ether oxygens (including phenoxy) is 2. The lowest BCUT2D eigenvalue weighted by Gasteiger charge is -2.50. The molecule has 4 rings (SSSR count). The molecular weight excluding hydrogens is 358 g/mol. The molecule has 1 aliphatic heterocycles. The van der Waals surface area contributed by atoms with E-state index in [0.29, 0.717) is 23.6 Å². The first kappa shape index (κ1) is 17.7. The van der Waals surface area contributed by atoms with Crippen molar-refractivity contribution in [3.63, 3.8) is 0 Å². The van der Waals surface area contributed by atoms with Gasteiger partial charge in [0.25, 0.3) is 0 Å². The van der Waals surface area contributed by atoms with Crippen LogP contribution in [0.3, 0.4) is 0 Å². The number of fused-ring (bicyclic) bond motifs is 3. The zero-order valence-corrected chi connectivity index (χ0v) is 15.4. The monoisotopic (exact) mass is 378 g/mol. The Kier molecular flexibility index (Phi) is 4.66. The Labute approximate surface area is 157 Å². The van der Waals surface area contributed by atoms with E-state index in [-0.39, 0.29) is 17.8 Å². The highest BCUT2D eigenvalue weighted by atomic mass is 35.5. The lowest BCUT2D eigenvalue weighted by Crippen LogP contribution is -2.50. The summed E-state index contributed by atoms with van der Waals surface area (Å²) in [7, 11) is 1.70. The number of halogens is 3. The Hall–Kier alpha value is -1.65. The minimum absolute atomic E-state index is 0.0701. The molecule has 2 aromatic rings. The molecule has 1 heterocycles. The lowest BCUT2D eigenvalue weighted by atomic mass is 9.58. The third-order valence-electron chi connectivity index (χ3n) is 5.99. The van der Waals surface area contributed by atoms with Crippen LogP contribution in [0.4, 0.5) is 8.78 Å². The summed E-state index contributed by atoms with van der Waals surface area (Å²) in [5.74, 6) is -0.744. The summed E-state index contributed by atoms with van der Waals surface area (Å²) in [6.07, 6.45) is 3.08. The molecule has 0 amide bonds. The van der Waals surface area contributed by atoms with Crippen LogP contribution in [-0.4, -0.2) is 19.8 Å². The second kappa shape index (κ2) is 6.82. The standard InChI is InChI=1S/C21H21ClF2O2/c1-25-16-8-9-21(11-13-2-4-15(22)5-3-13)14(10-16)12-26-20-18(24)7-6-17(23)19(20)21/h2-7,14,16H,8-12H2,1H3/t14-,16-,21+/m1/s1. The molecule has 1 saturated carbocycles. The number of hydrogen-bond donors (Lipinski definition) is 0. The van der Waals surface area contributed by atoms with Crippen molar-refractivity contribution < 1.29 is 18.3 Å². The zero-order valence-electron chi connectivity index (χ0n) is 14.6. The number of rotatable bonds is 3. The summed E-state index contributed by atoms with van der Waals surface area (Å²) in [4.78, 5) is 0. The summed E-state index contributed by atoms with van der Waals surface area (Å²) in [6, 6.07) is 9.96. The average molecular weight is 379 g/mol. The van der Waals surface area contributed by atoms with Gasteiger partial charge < -0.3 is 9.47 Å². The maximum atomic E-state index is 14.9. The van der Waals surface area contributed by atoms with Gasteiger partial charge in [-0.15, -0.1) is 0 Å². The minimum atomic E-state index is -0.497. The van der Waals surface area contributed by atoms with Crippen LogP contribution in [0.15, 0.2) is 36.4 Å². The van der Waals surface area contributed by atoms with Crippen LogP contribution in [0.1, 0.15) is 30.4 Å². The largest absolute Gasteiger partial charge is 0.490 e. The number of methoxy groups -OCH3 is 1. The molecule has 1 aliphatic carbocycles. The van der Waals surface area contributed by atoms with Gasteiger partial charge in [-0.3, -0.25) is 0 Å². The quantitative estimate of drug-likeness (QED) is 0.721. The highest BCUT2D eigenvalue weighted by Gasteiger charge is 2.51. The van der Waals surface area contributed by atoms with Crippen molar-refractivity contribution in [1.82, 2.24) is 0 Å². The van der Waals surface area contributed by atoms with E-state index in [4.69, 9.17) is 21.1 Å². The Bertz CT molecular complexity index is 808. The van der Waals surface area contributed by atoms with E-state index in [9.17, 15) is 8.78 Å². The maximum Gasteiger partial charge on any atom is 0.165 e. The molecule has 5 heteroatoms. The lowest BCUT2D eigenvalue weighted by molar-refractivity contribution is -0.0129. The average Bonchev–Trinajstić information content (AvgIpc) is 2.65. The molecule has 2 aliphatic rings. The topological polar surface area (TPSA) is 18.5 Å². The van der Waals surface area contributed by atoms with Crippen molar-refractivity contribution in [2.75, 3.05) is 13.7 Å². The molecule has 0 saturated heterocycles. The smallest absolute Gasteiger partial charge is 0.165 e. The van der Waals surface area contributed by atoms with Crippen LogP contribution in [0, 0.1) is 17.6 Å². The van der Waals surface area contributed by atoms with Gasteiger partial charge in [0, 0.05) is 29.0 Å². The summed E-state index contributed by atoms with van der Waals surface area (Å²) in [5.41, 5.74) is 0.952. The highest BCUT2D eigenvalue weighted by molar-refractivity contribution is 6.30. The molecule has 0 spiro atoms. The third-order valence-corrected chi connectivity index (χ3v) is 6.24. The van der Waals surface area contributed by atoms with Gasteiger partial charge in [0.2, 0.25) is 0 Å². The van der Waals surface area contributed by atoms with Crippen LogP contribution >= 0.6 is 11.6 Å². The van der Waals surface area contributed by atoms with Gasteiger partial charge in [-0.1, -0.05) is 23.7 Å². The molecule has 0 radical (unpaired) electrons. The van der Waals surface area contributed by atoms with Crippen molar-refractivity contribution in [2.24, 2.45) is 5.92 Å². The fraction of sp³-hybridized carbons (Fsp3) is 0.429. The number of benzene rings is 2. The molecule has 138 valence electrons. The van der Waals surface area contributed by atoms with Gasteiger partial charge in [-0.05, 0) is 55.5 Å². The molecule has 0 aromatic heterocycles. The number of hydrogen-bond acceptors (Lipinski definition) is 2. The molecule has 26 heavy (non-hydrogen) atoms. The van der Waals surface area contributed by atoms with Crippen molar-refractivity contribution in [3.8, 4) is 5.75 Å². The third kappa shape index (κ3) is 2.89. The van der Waals surface area contributed by atoms with Crippen molar-refractivity contribution in [1.29, 1.82) is 0 Å². The van der Waals surface area contributed by atoms with Crippen LogP contribution < -0.4 is 4.74 Å². The van der Waals surface area contributed by atoms with Crippen LogP contribution in [0.2, 0.25) is 5.02 Å². The first-order chi connectivity index (χ1) is 12.5. The Morgan fingerprint density at radius 3 is 2.62 bits per heavy atom. The van der Waals surface area contributed by atoms with Gasteiger partial charge in [0.05, 0.1) is 12.7 Å². The molecule has 0 bridgehead atoms. The van der Waals surface area contributed by atoms with Crippen LogP contribution in [0.25, 0.3) is 0 Å². The molecule has 0 N–H and O–H groups in total. The Morgan fingerprint density at radius 1 is 1.15 bits per heavy atom. The van der Waals surface area contributed by atoms with E-state index in [1.807, 2.05) is 24.3 Å². The van der Waals surface area contributed by atoms with E-state index >= 15 is 0 Å².